The lowest BCUT2D eigenvalue weighted by molar-refractivity contribution is -0.0571. The van der Waals surface area contributed by atoms with Crippen LogP contribution in [0.4, 0.5) is 0 Å². The fourth-order valence-electron chi connectivity index (χ4n) is 0.825. The van der Waals surface area contributed by atoms with Gasteiger partial charge in [0.15, 0.2) is 5.06 Å². The molecule has 0 bridgehead atoms. The molecule has 0 fully saturated rings. The SMILES string of the molecule is COCOC1(Cl)C=CC(O)C=C1. The smallest absolute Gasteiger partial charge is 0.182 e. The highest BCUT2D eigenvalue weighted by molar-refractivity contribution is 6.25. The Morgan fingerprint density at radius 3 is 2.58 bits per heavy atom. The summed E-state index contributed by atoms with van der Waals surface area (Å²) in [5, 5.41) is 8.08. The number of rotatable bonds is 3. The standard InChI is InChI=1S/C8H11ClO3/c1-11-6-12-8(9)4-2-7(10)3-5-8/h2-5,7,10H,6H2,1H3. The van der Waals surface area contributed by atoms with Gasteiger partial charge in [-0.25, -0.2) is 0 Å². The number of hydrogen-bond acceptors (Lipinski definition) is 3. The van der Waals surface area contributed by atoms with E-state index in [0.29, 0.717) is 0 Å². The molecule has 1 N–H and O–H groups in total. The lowest BCUT2D eigenvalue weighted by atomic mass is 10.1. The van der Waals surface area contributed by atoms with Gasteiger partial charge < -0.3 is 14.6 Å². The van der Waals surface area contributed by atoms with Crippen molar-refractivity contribution < 1.29 is 14.6 Å². The molecule has 1 rings (SSSR count). The summed E-state index contributed by atoms with van der Waals surface area (Å²) in [4.78, 5) is 0. The summed E-state index contributed by atoms with van der Waals surface area (Å²) in [6, 6.07) is 0. The second kappa shape index (κ2) is 4.05. The van der Waals surface area contributed by atoms with E-state index in [-0.39, 0.29) is 6.79 Å². The molecule has 0 radical (unpaired) electrons. The number of ether oxygens (including phenoxy) is 2. The number of aliphatic hydroxyl groups is 1. The van der Waals surface area contributed by atoms with Gasteiger partial charge in [-0.05, 0) is 12.2 Å². The molecule has 0 aliphatic heterocycles. The van der Waals surface area contributed by atoms with E-state index in [9.17, 15) is 0 Å². The Hall–Kier alpha value is -0.350. The lowest BCUT2D eigenvalue weighted by Gasteiger charge is -2.22. The van der Waals surface area contributed by atoms with Gasteiger partial charge in [0.2, 0.25) is 0 Å². The van der Waals surface area contributed by atoms with Gasteiger partial charge in [0.1, 0.15) is 6.79 Å². The van der Waals surface area contributed by atoms with E-state index in [1.54, 1.807) is 24.3 Å². The summed E-state index contributed by atoms with van der Waals surface area (Å²) in [5.41, 5.74) is 0. The molecule has 0 aromatic rings. The van der Waals surface area contributed by atoms with Crippen LogP contribution in [-0.2, 0) is 9.47 Å². The Balaban J connectivity index is 2.50. The van der Waals surface area contributed by atoms with Crippen molar-refractivity contribution >= 4 is 11.6 Å². The molecule has 12 heavy (non-hydrogen) atoms. The average molecular weight is 191 g/mol. The molecule has 0 spiro atoms. The van der Waals surface area contributed by atoms with E-state index < -0.39 is 11.2 Å². The van der Waals surface area contributed by atoms with Crippen molar-refractivity contribution in [3.63, 3.8) is 0 Å². The minimum atomic E-state index is -0.963. The Bertz CT molecular complexity index is 186. The minimum Gasteiger partial charge on any atom is -0.385 e. The molecule has 1 aliphatic carbocycles. The molecule has 0 saturated heterocycles. The molecule has 0 aromatic carbocycles. The molecule has 3 nitrogen and oxygen atoms in total. The molecule has 1 aliphatic rings. The molecule has 0 saturated carbocycles. The van der Waals surface area contributed by atoms with Crippen LogP contribution in [0.3, 0.4) is 0 Å². The van der Waals surface area contributed by atoms with Crippen LogP contribution in [0.5, 0.6) is 0 Å². The predicted octanol–water partition coefficient (Wildman–Crippen LogP) is 1.03. The molecule has 0 heterocycles. The molecule has 0 atom stereocenters. The molecule has 0 aromatic heterocycles. The Labute approximate surface area is 76.2 Å². The zero-order valence-electron chi connectivity index (χ0n) is 6.74. The van der Waals surface area contributed by atoms with Crippen molar-refractivity contribution in [2.45, 2.75) is 11.2 Å². The molecule has 0 amide bonds. The maximum Gasteiger partial charge on any atom is 0.182 e. The van der Waals surface area contributed by atoms with Crippen LogP contribution in [0.25, 0.3) is 0 Å². The highest BCUT2D eigenvalue weighted by atomic mass is 35.5. The summed E-state index contributed by atoms with van der Waals surface area (Å²) >= 11 is 5.93. The molecular formula is C8H11ClO3. The fourth-order valence-corrected chi connectivity index (χ4v) is 1.01. The van der Waals surface area contributed by atoms with Gasteiger partial charge in [-0.15, -0.1) is 0 Å². The lowest BCUT2D eigenvalue weighted by Crippen LogP contribution is -2.24. The molecule has 0 unspecified atom stereocenters. The summed E-state index contributed by atoms with van der Waals surface area (Å²) < 4.78 is 9.83. The summed E-state index contributed by atoms with van der Waals surface area (Å²) in [6.45, 7) is 0.119. The van der Waals surface area contributed by atoms with Gasteiger partial charge in [-0.1, -0.05) is 23.8 Å². The van der Waals surface area contributed by atoms with Crippen LogP contribution < -0.4 is 0 Å². The normalized spacial score (nSPS) is 34.1. The van der Waals surface area contributed by atoms with Gasteiger partial charge in [0, 0.05) is 7.11 Å². The first-order chi connectivity index (χ1) is 5.66. The highest BCUT2D eigenvalue weighted by Gasteiger charge is 2.23. The first kappa shape index (κ1) is 9.74. The summed E-state index contributed by atoms with van der Waals surface area (Å²) in [7, 11) is 1.52. The van der Waals surface area contributed by atoms with Gasteiger partial charge in [-0.2, -0.15) is 0 Å². The number of methoxy groups -OCH3 is 1. The monoisotopic (exact) mass is 190 g/mol. The van der Waals surface area contributed by atoms with E-state index in [1.165, 1.54) is 7.11 Å². The molecule has 68 valence electrons. The van der Waals surface area contributed by atoms with Gasteiger partial charge >= 0.3 is 0 Å². The second-order valence-corrected chi connectivity index (χ2v) is 3.05. The summed E-state index contributed by atoms with van der Waals surface area (Å²) in [5.74, 6) is 0. The number of halogens is 1. The van der Waals surface area contributed by atoms with Gasteiger partial charge in [0.25, 0.3) is 0 Å². The van der Waals surface area contributed by atoms with Crippen LogP contribution in [0, 0.1) is 0 Å². The zero-order chi connectivity index (χ0) is 9.03. The van der Waals surface area contributed by atoms with E-state index in [1.807, 2.05) is 0 Å². The van der Waals surface area contributed by atoms with Crippen molar-refractivity contribution in [2.24, 2.45) is 0 Å². The van der Waals surface area contributed by atoms with E-state index >= 15 is 0 Å². The Kier molecular flexibility index (Phi) is 3.29. The maximum atomic E-state index is 9.05. The number of alkyl halides is 1. The highest BCUT2D eigenvalue weighted by Crippen LogP contribution is 2.24. The predicted molar refractivity (Wildman–Crippen MR) is 45.8 cm³/mol. The third-order valence-corrected chi connectivity index (χ3v) is 1.80. The van der Waals surface area contributed by atoms with Crippen LogP contribution in [0.1, 0.15) is 0 Å². The third kappa shape index (κ3) is 2.60. The first-order valence-electron chi connectivity index (χ1n) is 3.55. The van der Waals surface area contributed by atoms with Crippen LogP contribution in [0.2, 0.25) is 0 Å². The Morgan fingerprint density at radius 2 is 2.08 bits per heavy atom. The quantitative estimate of drug-likeness (QED) is 0.411. The van der Waals surface area contributed by atoms with Crippen LogP contribution in [-0.4, -0.2) is 30.2 Å². The van der Waals surface area contributed by atoms with Crippen molar-refractivity contribution in [3.05, 3.63) is 24.3 Å². The fraction of sp³-hybridized carbons (Fsp3) is 0.500. The minimum absolute atomic E-state index is 0.119. The second-order valence-electron chi connectivity index (χ2n) is 2.46. The van der Waals surface area contributed by atoms with Gasteiger partial charge in [0.05, 0.1) is 6.10 Å². The largest absolute Gasteiger partial charge is 0.385 e. The number of aliphatic hydroxyl groups excluding tert-OH is 1. The maximum absolute atomic E-state index is 9.05. The topological polar surface area (TPSA) is 38.7 Å². The Morgan fingerprint density at radius 1 is 1.50 bits per heavy atom. The van der Waals surface area contributed by atoms with E-state index in [4.69, 9.17) is 26.2 Å². The molecule has 4 heteroatoms. The molecular weight excluding hydrogens is 180 g/mol. The average Bonchev–Trinajstić information content (AvgIpc) is 2.08. The van der Waals surface area contributed by atoms with Crippen LogP contribution in [0.15, 0.2) is 24.3 Å². The summed E-state index contributed by atoms with van der Waals surface area (Å²) in [6.07, 6.45) is 5.71. The number of hydrogen-bond donors (Lipinski definition) is 1. The van der Waals surface area contributed by atoms with Crippen molar-refractivity contribution in [3.8, 4) is 0 Å². The van der Waals surface area contributed by atoms with Crippen molar-refractivity contribution in [1.29, 1.82) is 0 Å². The van der Waals surface area contributed by atoms with Gasteiger partial charge in [-0.3, -0.25) is 0 Å². The first-order valence-corrected chi connectivity index (χ1v) is 3.93. The van der Waals surface area contributed by atoms with Crippen LogP contribution >= 0.6 is 11.6 Å². The van der Waals surface area contributed by atoms with Crippen molar-refractivity contribution in [2.75, 3.05) is 13.9 Å². The van der Waals surface area contributed by atoms with E-state index in [2.05, 4.69) is 0 Å². The third-order valence-electron chi connectivity index (χ3n) is 1.44. The van der Waals surface area contributed by atoms with Crippen molar-refractivity contribution in [1.82, 2.24) is 0 Å². The van der Waals surface area contributed by atoms with E-state index in [0.717, 1.165) is 0 Å². The zero-order valence-corrected chi connectivity index (χ0v) is 7.49.